The van der Waals surface area contributed by atoms with Gasteiger partial charge in [0.25, 0.3) is 0 Å². The predicted molar refractivity (Wildman–Crippen MR) is 111 cm³/mol. The van der Waals surface area contributed by atoms with Crippen LogP contribution in [0.15, 0.2) is 24.3 Å². The summed E-state index contributed by atoms with van der Waals surface area (Å²) in [6.07, 6.45) is 2.28. The number of imidazole rings is 1. The monoisotopic (exact) mass is 370 g/mol. The predicted octanol–water partition coefficient (Wildman–Crippen LogP) is 3.70. The lowest BCUT2D eigenvalue weighted by atomic mass is 9.96. The van der Waals surface area contributed by atoms with E-state index in [1.165, 1.54) is 5.52 Å². The maximum absolute atomic E-state index is 12.7. The van der Waals surface area contributed by atoms with Gasteiger partial charge < -0.3 is 9.47 Å². The number of likely N-dealkylation sites (tertiary alicyclic amines) is 1. The van der Waals surface area contributed by atoms with Crippen LogP contribution in [0.25, 0.3) is 11.0 Å². The van der Waals surface area contributed by atoms with E-state index in [0.29, 0.717) is 12.5 Å². The van der Waals surface area contributed by atoms with Gasteiger partial charge in [0.15, 0.2) is 0 Å². The van der Waals surface area contributed by atoms with Crippen molar-refractivity contribution in [1.82, 2.24) is 19.4 Å². The third kappa shape index (κ3) is 4.52. The minimum atomic E-state index is 0.257. The molecule has 1 fully saturated rings. The highest BCUT2D eigenvalue weighted by Crippen LogP contribution is 2.23. The maximum atomic E-state index is 12.7. The molecule has 0 unspecified atom stereocenters. The Morgan fingerprint density at radius 2 is 1.78 bits per heavy atom. The van der Waals surface area contributed by atoms with Gasteiger partial charge in [-0.1, -0.05) is 12.1 Å². The number of carbonyl (C=O) groups excluding carboxylic acids is 1. The van der Waals surface area contributed by atoms with Crippen molar-refractivity contribution in [3.8, 4) is 0 Å². The Hall–Kier alpha value is -1.88. The third-order valence-electron chi connectivity index (χ3n) is 5.75. The number of nitrogens with zero attached hydrogens (tertiary/aromatic N) is 4. The molecule has 0 saturated carbocycles. The number of amides is 1. The molecule has 3 rings (SSSR count). The van der Waals surface area contributed by atoms with Gasteiger partial charge in [0.05, 0.1) is 17.6 Å². The van der Waals surface area contributed by atoms with Crippen LogP contribution in [-0.4, -0.2) is 57.0 Å². The first-order valence-electron chi connectivity index (χ1n) is 10.3. The van der Waals surface area contributed by atoms with E-state index in [1.54, 1.807) is 0 Å². The van der Waals surface area contributed by atoms with E-state index in [9.17, 15) is 4.79 Å². The largest absolute Gasteiger partial charge is 0.337 e. The minimum Gasteiger partial charge on any atom is -0.337 e. The first-order chi connectivity index (χ1) is 12.9. The number of piperidine rings is 1. The van der Waals surface area contributed by atoms with Crippen LogP contribution in [0.3, 0.4) is 0 Å². The molecule has 1 saturated heterocycles. The van der Waals surface area contributed by atoms with E-state index in [2.05, 4.69) is 67.3 Å². The second-order valence-corrected chi connectivity index (χ2v) is 8.47. The molecule has 27 heavy (non-hydrogen) atoms. The number of para-hydroxylation sites is 2. The zero-order chi connectivity index (χ0) is 19.6. The molecule has 0 N–H and O–H groups in total. The smallest absolute Gasteiger partial charge is 0.237 e. The topological polar surface area (TPSA) is 41.4 Å². The number of benzene rings is 1. The molecule has 1 aromatic carbocycles. The Kier molecular flexibility index (Phi) is 6.20. The fourth-order valence-electron chi connectivity index (χ4n) is 4.46. The van der Waals surface area contributed by atoms with Crippen LogP contribution in [0.1, 0.15) is 46.4 Å². The van der Waals surface area contributed by atoms with Crippen molar-refractivity contribution < 1.29 is 4.79 Å². The average molecular weight is 371 g/mol. The van der Waals surface area contributed by atoms with Gasteiger partial charge in [-0.25, -0.2) is 4.98 Å². The zero-order valence-electron chi connectivity index (χ0n) is 17.5. The number of aromatic nitrogens is 2. The molecular formula is C22H34N4O. The first-order valence-corrected chi connectivity index (χ1v) is 10.3. The van der Waals surface area contributed by atoms with Crippen molar-refractivity contribution in [3.05, 3.63) is 30.1 Å². The van der Waals surface area contributed by atoms with Crippen LogP contribution in [0, 0.1) is 12.8 Å². The highest BCUT2D eigenvalue weighted by Gasteiger charge is 2.26. The van der Waals surface area contributed by atoms with Gasteiger partial charge in [0, 0.05) is 18.6 Å². The molecule has 148 valence electrons. The molecule has 5 heteroatoms. The van der Waals surface area contributed by atoms with Gasteiger partial charge in [0.1, 0.15) is 5.82 Å². The van der Waals surface area contributed by atoms with Crippen molar-refractivity contribution in [3.63, 3.8) is 0 Å². The highest BCUT2D eigenvalue weighted by atomic mass is 16.2. The van der Waals surface area contributed by atoms with Gasteiger partial charge in [0.2, 0.25) is 5.91 Å². The Morgan fingerprint density at radius 1 is 1.15 bits per heavy atom. The Morgan fingerprint density at radius 3 is 2.41 bits per heavy atom. The summed E-state index contributed by atoms with van der Waals surface area (Å²) in [5.41, 5.74) is 2.32. The summed E-state index contributed by atoms with van der Waals surface area (Å²) >= 11 is 0. The fourth-order valence-corrected chi connectivity index (χ4v) is 4.46. The van der Waals surface area contributed by atoms with E-state index in [4.69, 9.17) is 0 Å². The van der Waals surface area contributed by atoms with Crippen LogP contribution in [0.5, 0.6) is 0 Å². The molecule has 0 bridgehead atoms. The Labute approximate surface area is 163 Å². The Balaban J connectivity index is 1.56. The highest BCUT2D eigenvalue weighted by molar-refractivity contribution is 5.79. The van der Waals surface area contributed by atoms with Crippen molar-refractivity contribution in [2.24, 2.45) is 5.92 Å². The van der Waals surface area contributed by atoms with E-state index in [0.717, 1.165) is 43.8 Å². The van der Waals surface area contributed by atoms with Crippen LogP contribution >= 0.6 is 0 Å². The lowest BCUT2D eigenvalue weighted by molar-refractivity contribution is -0.136. The summed E-state index contributed by atoms with van der Waals surface area (Å²) in [4.78, 5) is 21.7. The first kappa shape index (κ1) is 19.9. The van der Waals surface area contributed by atoms with E-state index in [1.807, 2.05) is 11.0 Å². The van der Waals surface area contributed by atoms with Gasteiger partial charge in [-0.2, -0.15) is 0 Å². The van der Waals surface area contributed by atoms with Crippen LogP contribution in [0.2, 0.25) is 0 Å². The number of rotatable bonds is 6. The molecular weight excluding hydrogens is 336 g/mol. The lowest BCUT2D eigenvalue weighted by Crippen LogP contribution is -2.48. The van der Waals surface area contributed by atoms with Crippen molar-refractivity contribution in [2.45, 2.75) is 66.1 Å². The zero-order valence-corrected chi connectivity index (χ0v) is 17.5. The molecule has 2 heterocycles. The average Bonchev–Trinajstić information content (AvgIpc) is 2.91. The van der Waals surface area contributed by atoms with Gasteiger partial charge >= 0.3 is 0 Å². The fraction of sp³-hybridized carbons (Fsp3) is 0.636. The van der Waals surface area contributed by atoms with E-state index in [-0.39, 0.29) is 18.0 Å². The molecule has 2 aromatic rings. The third-order valence-corrected chi connectivity index (χ3v) is 5.75. The lowest BCUT2D eigenvalue weighted by Gasteiger charge is -2.36. The summed E-state index contributed by atoms with van der Waals surface area (Å²) in [7, 11) is 0. The van der Waals surface area contributed by atoms with Crippen molar-refractivity contribution in [1.29, 1.82) is 0 Å². The van der Waals surface area contributed by atoms with Gasteiger partial charge in [-0.3, -0.25) is 9.69 Å². The number of fused-ring (bicyclic) bond motifs is 1. The second-order valence-electron chi connectivity index (χ2n) is 8.47. The number of hydrogen-bond acceptors (Lipinski definition) is 3. The van der Waals surface area contributed by atoms with E-state index < -0.39 is 0 Å². The van der Waals surface area contributed by atoms with Crippen LogP contribution < -0.4 is 0 Å². The Bertz CT molecular complexity index is 764. The summed E-state index contributed by atoms with van der Waals surface area (Å²) in [5.74, 6) is 2.01. The quantitative estimate of drug-likeness (QED) is 0.778. The number of carbonyl (C=O) groups is 1. The van der Waals surface area contributed by atoms with Crippen molar-refractivity contribution in [2.75, 3.05) is 19.6 Å². The molecule has 0 aliphatic carbocycles. The number of aryl methyl sites for hydroxylation is 1. The van der Waals surface area contributed by atoms with Crippen LogP contribution in [-0.2, 0) is 11.3 Å². The molecule has 5 nitrogen and oxygen atoms in total. The van der Waals surface area contributed by atoms with E-state index >= 15 is 0 Å². The normalized spacial score (nSPS) is 16.6. The van der Waals surface area contributed by atoms with Gasteiger partial charge in [-0.05, 0) is 78.6 Å². The summed E-state index contributed by atoms with van der Waals surface area (Å²) in [6.45, 7) is 14.1. The molecule has 1 amide bonds. The standard InChI is InChI=1S/C22H34N4O/c1-16(2)26(17(3)4)22(27)15-24-12-10-19(11-13-24)14-25-18(5)23-20-8-6-7-9-21(20)25/h6-9,16-17,19H,10-15H2,1-5H3. The maximum Gasteiger partial charge on any atom is 0.237 e. The summed E-state index contributed by atoms with van der Waals surface area (Å²) in [6, 6.07) is 8.90. The van der Waals surface area contributed by atoms with Gasteiger partial charge in [-0.15, -0.1) is 0 Å². The summed E-state index contributed by atoms with van der Waals surface area (Å²) in [5, 5.41) is 0. The molecule has 0 spiro atoms. The SMILES string of the molecule is Cc1nc2ccccc2n1CC1CCN(CC(=O)N(C(C)C)C(C)C)CC1. The molecule has 1 aliphatic heterocycles. The summed E-state index contributed by atoms with van der Waals surface area (Å²) < 4.78 is 2.36. The molecule has 0 atom stereocenters. The molecule has 0 radical (unpaired) electrons. The van der Waals surface area contributed by atoms with Crippen LogP contribution in [0.4, 0.5) is 0 Å². The number of hydrogen-bond donors (Lipinski definition) is 0. The van der Waals surface area contributed by atoms with Crippen molar-refractivity contribution >= 4 is 16.9 Å². The minimum absolute atomic E-state index is 0.257. The second kappa shape index (κ2) is 8.42. The molecule has 1 aliphatic rings. The molecule has 1 aromatic heterocycles.